The highest BCUT2D eigenvalue weighted by Gasteiger charge is 2.17. The Morgan fingerprint density at radius 2 is 1.86 bits per heavy atom. The predicted molar refractivity (Wildman–Crippen MR) is 109 cm³/mol. The van der Waals surface area contributed by atoms with Crippen molar-refractivity contribution >= 4 is 23.3 Å². The van der Waals surface area contributed by atoms with Crippen molar-refractivity contribution in [1.82, 2.24) is 9.78 Å². The molecule has 0 saturated carbocycles. The molecule has 3 rings (SSSR count). The number of benzene rings is 2. The number of ether oxygens (including phenoxy) is 1. The van der Waals surface area contributed by atoms with E-state index in [0.29, 0.717) is 17.9 Å². The summed E-state index contributed by atoms with van der Waals surface area (Å²) in [6.07, 6.45) is 3.29. The van der Waals surface area contributed by atoms with Gasteiger partial charge in [0.05, 0.1) is 30.2 Å². The summed E-state index contributed by atoms with van der Waals surface area (Å²) in [4.78, 5) is 24.6. The third kappa shape index (κ3) is 4.40. The van der Waals surface area contributed by atoms with Crippen LogP contribution in [0, 0.1) is 0 Å². The lowest BCUT2D eigenvalue weighted by molar-refractivity contribution is 0.0600. The molecule has 1 aromatic heterocycles. The Bertz CT molecular complexity index is 1020. The van der Waals surface area contributed by atoms with E-state index in [0.717, 1.165) is 17.5 Å². The number of esters is 1. The third-order valence-electron chi connectivity index (χ3n) is 4.26. The van der Waals surface area contributed by atoms with Gasteiger partial charge in [0.2, 0.25) is 0 Å². The number of aryl methyl sites for hydroxylation is 1. The Morgan fingerprint density at radius 1 is 1.14 bits per heavy atom. The first-order chi connectivity index (χ1) is 13.6. The van der Waals surface area contributed by atoms with Crippen molar-refractivity contribution in [2.75, 3.05) is 19.0 Å². The number of hydrogen-bond donors (Lipinski definition) is 1. The molecule has 0 aliphatic heterocycles. The number of rotatable bonds is 7. The van der Waals surface area contributed by atoms with Crippen molar-refractivity contribution in [2.24, 2.45) is 0 Å². The van der Waals surface area contributed by atoms with Crippen LogP contribution in [0.3, 0.4) is 0 Å². The molecule has 0 bridgehead atoms. The average Bonchev–Trinajstić information content (AvgIpc) is 2.74. The average molecular weight is 398 g/mol. The smallest absolute Gasteiger partial charge is 0.340 e. The molecule has 0 aliphatic carbocycles. The minimum Gasteiger partial charge on any atom is -0.465 e. The number of anilines is 1. The lowest BCUT2D eigenvalue weighted by Gasteiger charge is -2.12. The first-order valence-electron chi connectivity index (χ1n) is 8.85. The number of carbonyl (C=O) groups is 1. The van der Waals surface area contributed by atoms with Crippen LogP contribution in [0.15, 0.2) is 65.6 Å². The Kier molecular flexibility index (Phi) is 6.45. The maximum atomic E-state index is 12.7. The zero-order chi connectivity index (χ0) is 19.9. The van der Waals surface area contributed by atoms with E-state index in [1.807, 2.05) is 18.2 Å². The second kappa shape index (κ2) is 9.19. The number of para-hydroxylation sites is 1. The third-order valence-corrected chi connectivity index (χ3v) is 4.62. The number of halogens is 1. The molecule has 1 N–H and O–H groups in total. The van der Waals surface area contributed by atoms with E-state index < -0.39 is 11.5 Å². The summed E-state index contributed by atoms with van der Waals surface area (Å²) < 4.78 is 5.87. The van der Waals surface area contributed by atoms with E-state index in [2.05, 4.69) is 22.5 Å². The van der Waals surface area contributed by atoms with E-state index in [-0.39, 0.29) is 10.6 Å². The second-order valence-corrected chi connectivity index (χ2v) is 6.49. The van der Waals surface area contributed by atoms with Crippen LogP contribution in [0.2, 0.25) is 5.02 Å². The number of nitrogens with zero attached hydrogens (tertiary/aromatic N) is 2. The van der Waals surface area contributed by atoms with Crippen LogP contribution in [0.5, 0.6) is 0 Å². The van der Waals surface area contributed by atoms with Crippen molar-refractivity contribution in [3.63, 3.8) is 0 Å². The molecular formula is C21H20ClN3O3. The number of hydrogen-bond acceptors (Lipinski definition) is 5. The molecule has 2 aromatic carbocycles. The highest BCUT2D eigenvalue weighted by atomic mass is 35.5. The zero-order valence-electron chi connectivity index (χ0n) is 15.4. The van der Waals surface area contributed by atoms with Gasteiger partial charge in [-0.15, -0.1) is 0 Å². The largest absolute Gasteiger partial charge is 0.465 e. The zero-order valence-corrected chi connectivity index (χ0v) is 16.1. The minimum absolute atomic E-state index is 0.0226. The van der Waals surface area contributed by atoms with Crippen LogP contribution >= 0.6 is 11.6 Å². The lowest BCUT2D eigenvalue weighted by atomic mass is 10.1. The quantitative estimate of drug-likeness (QED) is 0.486. The molecule has 0 amide bonds. The van der Waals surface area contributed by atoms with Gasteiger partial charge in [0.25, 0.3) is 5.56 Å². The SMILES string of the molecule is COC(=O)c1ccccc1-n1ncc(NCCCc2ccccc2)c(Cl)c1=O. The van der Waals surface area contributed by atoms with E-state index in [9.17, 15) is 9.59 Å². The Balaban J connectivity index is 1.75. The Hall–Kier alpha value is -3.12. The van der Waals surface area contributed by atoms with Gasteiger partial charge in [-0.3, -0.25) is 4.79 Å². The van der Waals surface area contributed by atoms with Crippen molar-refractivity contribution in [2.45, 2.75) is 12.8 Å². The van der Waals surface area contributed by atoms with Gasteiger partial charge in [0, 0.05) is 6.54 Å². The van der Waals surface area contributed by atoms with Gasteiger partial charge >= 0.3 is 5.97 Å². The summed E-state index contributed by atoms with van der Waals surface area (Å²) in [7, 11) is 1.28. The summed E-state index contributed by atoms with van der Waals surface area (Å²) in [5.41, 5.74) is 1.76. The number of carbonyl (C=O) groups excluding carboxylic acids is 1. The van der Waals surface area contributed by atoms with Crippen LogP contribution in [0.4, 0.5) is 5.69 Å². The highest BCUT2D eigenvalue weighted by molar-refractivity contribution is 6.32. The van der Waals surface area contributed by atoms with Gasteiger partial charge in [-0.25, -0.2) is 4.79 Å². The van der Waals surface area contributed by atoms with Gasteiger partial charge < -0.3 is 10.1 Å². The van der Waals surface area contributed by atoms with E-state index in [1.54, 1.807) is 24.3 Å². The van der Waals surface area contributed by atoms with Crippen LogP contribution in [0.25, 0.3) is 5.69 Å². The first-order valence-corrected chi connectivity index (χ1v) is 9.23. The van der Waals surface area contributed by atoms with E-state index in [4.69, 9.17) is 16.3 Å². The molecule has 7 heteroatoms. The van der Waals surface area contributed by atoms with Crippen LogP contribution in [-0.4, -0.2) is 29.4 Å². The highest BCUT2D eigenvalue weighted by Crippen LogP contribution is 2.19. The molecule has 0 radical (unpaired) electrons. The number of aromatic nitrogens is 2. The van der Waals surface area contributed by atoms with Gasteiger partial charge in [-0.05, 0) is 30.5 Å². The first kappa shape index (κ1) is 19.6. The standard InChI is InChI=1S/C21H20ClN3O3/c1-28-21(27)16-11-5-6-12-18(16)25-20(26)19(22)17(14-24-25)23-13-7-10-15-8-3-2-4-9-15/h2-6,8-9,11-12,14,23H,7,10,13H2,1H3. The minimum atomic E-state index is -0.552. The van der Waals surface area contributed by atoms with Gasteiger partial charge in [0.15, 0.2) is 0 Å². The molecule has 28 heavy (non-hydrogen) atoms. The normalized spacial score (nSPS) is 10.5. The van der Waals surface area contributed by atoms with Crippen LogP contribution < -0.4 is 10.9 Å². The Morgan fingerprint density at radius 3 is 2.61 bits per heavy atom. The topological polar surface area (TPSA) is 73.2 Å². The second-order valence-electron chi connectivity index (χ2n) is 6.11. The van der Waals surface area contributed by atoms with Crippen molar-refractivity contribution in [3.05, 3.63) is 87.3 Å². The summed E-state index contributed by atoms with van der Waals surface area (Å²) in [6.45, 7) is 0.651. The van der Waals surface area contributed by atoms with Gasteiger partial charge in [-0.2, -0.15) is 9.78 Å². The molecule has 0 saturated heterocycles. The summed E-state index contributed by atoms with van der Waals surface area (Å²) in [5.74, 6) is -0.552. The summed E-state index contributed by atoms with van der Waals surface area (Å²) >= 11 is 6.26. The lowest BCUT2D eigenvalue weighted by Crippen LogP contribution is -2.25. The molecule has 1 heterocycles. The maximum Gasteiger partial charge on any atom is 0.340 e. The summed E-state index contributed by atoms with van der Waals surface area (Å²) in [5, 5.41) is 7.35. The van der Waals surface area contributed by atoms with Gasteiger partial charge in [0.1, 0.15) is 5.02 Å². The van der Waals surface area contributed by atoms with E-state index in [1.165, 1.54) is 18.9 Å². The molecule has 6 nitrogen and oxygen atoms in total. The van der Waals surface area contributed by atoms with E-state index >= 15 is 0 Å². The molecule has 0 unspecified atom stereocenters. The van der Waals surface area contributed by atoms with Crippen molar-refractivity contribution in [1.29, 1.82) is 0 Å². The molecule has 0 fully saturated rings. The number of nitrogens with one attached hydrogen (secondary N) is 1. The summed E-state index contributed by atoms with van der Waals surface area (Å²) in [6, 6.07) is 16.7. The van der Waals surface area contributed by atoms with Crippen LogP contribution in [-0.2, 0) is 11.2 Å². The van der Waals surface area contributed by atoms with Crippen molar-refractivity contribution in [3.8, 4) is 5.69 Å². The van der Waals surface area contributed by atoms with Crippen LogP contribution in [0.1, 0.15) is 22.3 Å². The molecule has 0 atom stereocenters. The molecule has 144 valence electrons. The maximum absolute atomic E-state index is 12.7. The fourth-order valence-electron chi connectivity index (χ4n) is 2.83. The molecule has 0 aliphatic rings. The fraction of sp³-hybridized carbons (Fsp3) is 0.190. The Labute approximate surface area is 167 Å². The van der Waals surface area contributed by atoms with Crippen molar-refractivity contribution < 1.29 is 9.53 Å². The molecular weight excluding hydrogens is 378 g/mol. The fourth-order valence-corrected chi connectivity index (χ4v) is 3.02. The number of methoxy groups -OCH3 is 1. The predicted octanol–water partition coefficient (Wildman–Crippen LogP) is 3.72. The molecule has 3 aromatic rings. The van der Waals surface area contributed by atoms with Gasteiger partial charge in [-0.1, -0.05) is 54.1 Å². The molecule has 0 spiro atoms. The monoisotopic (exact) mass is 397 g/mol.